The van der Waals surface area contributed by atoms with E-state index in [0.29, 0.717) is 17.9 Å². The third kappa shape index (κ3) is 3.40. The molecule has 2 aromatic rings. The van der Waals surface area contributed by atoms with E-state index >= 15 is 0 Å². The first-order valence-electron chi connectivity index (χ1n) is 8.25. The Labute approximate surface area is 145 Å². The van der Waals surface area contributed by atoms with Gasteiger partial charge in [-0.25, -0.2) is 9.18 Å². The Hall–Kier alpha value is -2.69. The van der Waals surface area contributed by atoms with Crippen LogP contribution in [0.1, 0.15) is 34.8 Å². The molecule has 1 aliphatic rings. The first kappa shape index (κ1) is 17.1. The minimum absolute atomic E-state index is 0.0386. The summed E-state index contributed by atoms with van der Waals surface area (Å²) in [7, 11) is 0. The molecule has 0 aliphatic heterocycles. The smallest absolute Gasteiger partial charge is 0.352 e. The Morgan fingerprint density at radius 2 is 1.96 bits per heavy atom. The normalized spacial score (nSPS) is 19.2. The molecule has 0 saturated carbocycles. The minimum atomic E-state index is -2.59. The second kappa shape index (κ2) is 7.05. The standard InChI is InChI=1S/C20H19FO4/c1-2-24-19(23)20(21)11-10-15-12-16(8-9-17(15)18(20)22)25-13-14-6-4-3-5-7-14/h3-9,12H,2,10-11,13H2,1H3. The van der Waals surface area contributed by atoms with Gasteiger partial charge < -0.3 is 9.47 Å². The van der Waals surface area contributed by atoms with Gasteiger partial charge in [0.2, 0.25) is 5.78 Å². The van der Waals surface area contributed by atoms with Crippen LogP contribution in [-0.4, -0.2) is 24.0 Å². The number of ketones is 1. The summed E-state index contributed by atoms with van der Waals surface area (Å²) in [5, 5.41) is 0. The average molecular weight is 342 g/mol. The lowest BCUT2D eigenvalue weighted by Crippen LogP contribution is -2.46. The van der Waals surface area contributed by atoms with E-state index in [-0.39, 0.29) is 25.0 Å². The van der Waals surface area contributed by atoms with Gasteiger partial charge in [0.15, 0.2) is 0 Å². The van der Waals surface area contributed by atoms with Gasteiger partial charge in [-0.3, -0.25) is 4.79 Å². The van der Waals surface area contributed by atoms with Gasteiger partial charge >= 0.3 is 5.97 Å². The largest absolute Gasteiger partial charge is 0.489 e. The van der Waals surface area contributed by atoms with Crippen LogP contribution in [0.15, 0.2) is 48.5 Å². The summed E-state index contributed by atoms with van der Waals surface area (Å²) < 4.78 is 25.3. The molecule has 1 atom stereocenters. The average Bonchev–Trinajstić information content (AvgIpc) is 2.64. The third-order valence-corrected chi connectivity index (χ3v) is 4.27. The third-order valence-electron chi connectivity index (χ3n) is 4.27. The summed E-state index contributed by atoms with van der Waals surface area (Å²) in [6, 6.07) is 14.6. The van der Waals surface area contributed by atoms with Crippen LogP contribution in [0.5, 0.6) is 5.75 Å². The van der Waals surface area contributed by atoms with Crippen molar-refractivity contribution < 1.29 is 23.5 Å². The summed E-state index contributed by atoms with van der Waals surface area (Å²) in [5.74, 6) is -1.32. The van der Waals surface area contributed by atoms with E-state index in [2.05, 4.69) is 0 Å². The van der Waals surface area contributed by atoms with Crippen LogP contribution in [0.2, 0.25) is 0 Å². The lowest BCUT2D eigenvalue weighted by atomic mass is 9.80. The summed E-state index contributed by atoms with van der Waals surface area (Å²) in [5.41, 5.74) is -0.654. The molecule has 0 aromatic heterocycles. The number of carbonyl (C=O) groups is 2. The Bertz CT molecular complexity index is 788. The molecule has 3 rings (SSSR count). The van der Waals surface area contributed by atoms with Gasteiger partial charge in [0.1, 0.15) is 12.4 Å². The highest BCUT2D eigenvalue weighted by Crippen LogP contribution is 2.34. The molecule has 0 bridgehead atoms. The molecule has 1 aliphatic carbocycles. The van der Waals surface area contributed by atoms with Gasteiger partial charge in [0.25, 0.3) is 5.67 Å². The van der Waals surface area contributed by atoms with Crippen molar-refractivity contribution >= 4 is 11.8 Å². The number of hydrogen-bond acceptors (Lipinski definition) is 4. The summed E-state index contributed by atoms with van der Waals surface area (Å²) in [4.78, 5) is 24.3. The maximum Gasteiger partial charge on any atom is 0.352 e. The molecule has 25 heavy (non-hydrogen) atoms. The van der Waals surface area contributed by atoms with Crippen molar-refractivity contribution in [2.24, 2.45) is 0 Å². The number of esters is 1. The van der Waals surface area contributed by atoms with Gasteiger partial charge in [-0.2, -0.15) is 0 Å². The van der Waals surface area contributed by atoms with Crippen molar-refractivity contribution in [3.05, 3.63) is 65.2 Å². The van der Waals surface area contributed by atoms with Crippen LogP contribution in [-0.2, 0) is 22.6 Å². The van der Waals surface area contributed by atoms with Crippen LogP contribution in [0.4, 0.5) is 4.39 Å². The molecule has 130 valence electrons. The highest BCUT2D eigenvalue weighted by atomic mass is 19.1. The molecule has 0 heterocycles. The van der Waals surface area contributed by atoms with Crippen LogP contribution >= 0.6 is 0 Å². The van der Waals surface area contributed by atoms with Crippen LogP contribution < -0.4 is 4.74 Å². The van der Waals surface area contributed by atoms with Gasteiger partial charge in [-0.15, -0.1) is 0 Å². The van der Waals surface area contributed by atoms with Crippen molar-refractivity contribution in [3.63, 3.8) is 0 Å². The van der Waals surface area contributed by atoms with Crippen LogP contribution in [0, 0.1) is 0 Å². The van der Waals surface area contributed by atoms with E-state index < -0.39 is 17.4 Å². The first-order chi connectivity index (χ1) is 12.0. The van der Waals surface area contributed by atoms with Crippen LogP contribution in [0.25, 0.3) is 0 Å². The van der Waals surface area contributed by atoms with Gasteiger partial charge in [-0.1, -0.05) is 30.3 Å². The van der Waals surface area contributed by atoms with Crippen molar-refractivity contribution in [1.82, 2.24) is 0 Å². The van der Waals surface area contributed by atoms with E-state index in [4.69, 9.17) is 9.47 Å². The molecule has 0 amide bonds. The minimum Gasteiger partial charge on any atom is -0.489 e. The lowest BCUT2D eigenvalue weighted by molar-refractivity contribution is -0.154. The fraction of sp³-hybridized carbons (Fsp3) is 0.300. The second-order valence-electron chi connectivity index (χ2n) is 5.94. The Morgan fingerprint density at radius 1 is 1.20 bits per heavy atom. The Kier molecular flexibility index (Phi) is 4.83. The SMILES string of the molecule is CCOC(=O)C1(F)CCc2cc(OCc3ccccc3)ccc2C1=O. The van der Waals surface area contributed by atoms with Crippen molar-refractivity contribution in [3.8, 4) is 5.75 Å². The predicted octanol–water partition coefficient (Wildman–Crippen LogP) is 3.67. The molecule has 0 N–H and O–H groups in total. The van der Waals surface area contributed by atoms with E-state index in [1.54, 1.807) is 19.1 Å². The number of alkyl halides is 1. The fourth-order valence-electron chi connectivity index (χ4n) is 2.90. The van der Waals surface area contributed by atoms with Crippen molar-refractivity contribution in [1.29, 1.82) is 0 Å². The molecular weight excluding hydrogens is 323 g/mol. The summed E-state index contributed by atoms with van der Waals surface area (Å²) >= 11 is 0. The summed E-state index contributed by atoms with van der Waals surface area (Å²) in [6.45, 7) is 2.03. The van der Waals surface area contributed by atoms with Crippen LogP contribution in [0.3, 0.4) is 0 Å². The zero-order valence-corrected chi connectivity index (χ0v) is 14.0. The molecule has 0 fully saturated rings. The number of carbonyl (C=O) groups excluding carboxylic acids is 2. The first-order valence-corrected chi connectivity index (χ1v) is 8.25. The van der Waals surface area contributed by atoms with E-state index in [9.17, 15) is 14.0 Å². The highest BCUT2D eigenvalue weighted by Gasteiger charge is 2.50. The highest BCUT2D eigenvalue weighted by molar-refractivity contribution is 6.16. The van der Waals surface area contributed by atoms with Crippen molar-refractivity contribution in [2.45, 2.75) is 32.0 Å². The molecular formula is C20H19FO4. The number of ether oxygens (including phenoxy) is 2. The maximum atomic E-state index is 14.8. The number of rotatable bonds is 5. The predicted molar refractivity (Wildman–Crippen MR) is 90.3 cm³/mol. The van der Waals surface area contributed by atoms with Crippen molar-refractivity contribution in [2.75, 3.05) is 6.61 Å². The number of Topliss-reactive ketones (excluding diaryl/α,β-unsaturated/α-hetero) is 1. The number of halogens is 1. The molecule has 0 radical (unpaired) electrons. The quantitative estimate of drug-likeness (QED) is 0.615. The van der Waals surface area contributed by atoms with E-state index in [0.717, 1.165) is 5.56 Å². The van der Waals surface area contributed by atoms with E-state index in [1.807, 2.05) is 30.3 Å². The Morgan fingerprint density at radius 3 is 2.68 bits per heavy atom. The van der Waals surface area contributed by atoms with Gasteiger partial charge in [0, 0.05) is 12.0 Å². The number of aryl methyl sites for hydroxylation is 1. The second-order valence-corrected chi connectivity index (χ2v) is 5.94. The van der Waals surface area contributed by atoms with Gasteiger partial charge in [0.05, 0.1) is 6.61 Å². The topological polar surface area (TPSA) is 52.6 Å². The molecule has 0 saturated heterocycles. The molecule has 0 spiro atoms. The number of benzene rings is 2. The zero-order valence-electron chi connectivity index (χ0n) is 14.0. The fourth-order valence-corrected chi connectivity index (χ4v) is 2.90. The monoisotopic (exact) mass is 342 g/mol. The Balaban J connectivity index is 1.76. The van der Waals surface area contributed by atoms with E-state index in [1.165, 1.54) is 6.07 Å². The molecule has 1 unspecified atom stereocenters. The molecule has 2 aromatic carbocycles. The maximum absolute atomic E-state index is 14.8. The zero-order chi connectivity index (χ0) is 17.9. The molecule has 5 heteroatoms. The molecule has 4 nitrogen and oxygen atoms in total. The number of fused-ring (bicyclic) bond motifs is 1. The van der Waals surface area contributed by atoms with Gasteiger partial charge in [-0.05, 0) is 42.7 Å². The number of hydrogen-bond donors (Lipinski definition) is 0. The summed E-state index contributed by atoms with van der Waals surface area (Å²) in [6.07, 6.45) is 0.0682. The lowest BCUT2D eigenvalue weighted by Gasteiger charge is -2.27.